The van der Waals surface area contributed by atoms with Crippen molar-refractivity contribution in [2.24, 2.45) is 0 Å². The summed E-state index contributed by atoms with van der Waals surface area (Å²) < 4.78 is 10.4. The van der Waals surface area contributed by atoms with E-state index in [1.54, 1.807) is 25.1 Å². The van der Waals surface area contributed by atoms with Crippen molar-refractivity contribution in [1.29, 1.82) is 0 Å². The standard InChI is InChI=1S/C11H14N2O3.ClH/c1-2-15-11(14)10-6-13-8-5-7(12)3-4-9(8)16-10;/h3-5,10,13H,2,6,12H2,1H3;1H. The van der Waals surface area contributed by atoms with E-state index in [4.69, 9.17) is 15.2 Å². The van der Waals surface area contributed by atoms with Crippen LogP contribution < -0.4 is 15.8 Å². The molecule has 1 aromatic rings. The van der Waals surface area contributed by atoms with Gasteiger partial charge in [0, 0.05) is 5.69 Å². The molecule has 1 aliphatic heterocycles. The number of nitrogen functional groups attached to an aromatic ring is 1. The SMILES string of the molecule is CCOC(=O)C1CNc2cc(N)ccc2O1.Cl. The van der Waals surface area contributed by atoms with Gasteiger partial charge in [0.05, 0.1) is 18.8 Å². The van der Waals surface area contributed by atoms with E-state index in [1.165, 1.54) is 0 Å². The normalized spacial score (nSPS) is 16.9. The number of halogens is 1. The number of hydrogen-bond acceptors (Lipinski definition) is 5. The molecule has 1 aromatic carbocycles. The second-order valence-corrected chi connectivity index (χ2v) is 3.50. The zero-order chi connectivity index (χ0) is 11.5. The lowest BCUT2D eigenvalue weighted by Crippen LogP contribution is -2.38. The number of hydrogen-bond donors (Lipinski definition) is 2. The second-order valence-electron chi connectivity index (χ2n) is 3.50. The van der Waals surface area contributed by atoms with E-state index >= 15 is 0 Å². The molecule has 3 N–H and O–H groups in total. The van der Waals surface area contributed by atoms with E-state index in [0.717, 1.165) is 5.69 Å². The first-order valence-electron chi connectivity index (χ1n) is 5.17. The van der Waals surface area contributed by atoms with Crippen molar-refractivity contribution in [3.8, 4) is 5.75 Å². The molecule has 0 aromatic heterocycles. The minimum Gasteiger partial charge on any atom is -0.475 e. The first-order chi connectivity index (χ1) is 7.70. The van der Waals surface area contributed by atoms with Crippen molar-refractivity contribution in [1.82, 2.24) is 0 Å². The van der Waals surface area contributed by atoms with Crippen LogP contribution in [0.4, 0.5) is 11.4 Å². The molecule has 1 heterocycles. The van der Waals surface area contributed by atoms with E-state index in [0.29, 0.717) is 24.6 Å². The Bertz CT molecular complexity index is 412. The summed E-state index contributed by atoms with van der Waals surface area (Å²) in [4.78, 5) is 11.5. The molecule has 0 aliphatic carbocycles. The van der Waals surface area contributed by atoms with Gasteiger partial charge in [0.25, 0.3) is 0 Å². The molecule has 0 saturated heterocycles. The van der Waals surface area contributed by atoms with Crippen LogP contribution in [-0.4, -0.2) is 25.2 Å². The zero-order valence-corrected chi connectivity index (χ0v) is 10.3. The Labute approximate surface area is 106 Å². The Hall–Kier alpha value is -1.62. The van der Waals surface area contributed by atoms with Gasteiger partial charge < -0.3 is 20.5 Å². The summed E-state index contributed by atoms with van der Waals surface area (Å²) in [6.07, 6.45) is -0.587. The van der Waals surface area contributed by atoms with Gasteiger partial charge in [-0.2, -0.15) is 0 Å². The van der Waals surface area contributed by atoms with E-state index in [-0.39, 0.29) is 18.4 Å². The maximum Gasteiger partial charge on any atom is 0.349 e. The van der Waals surface area contributed by atoms with Crippen LogP contribution in [0.1, 0.15) is 6.92 Å². The van der Waals surface area contributed by atoms with Gasteiger partial charge in [-0.1, -0.05) is 0 Å². The number of anilines is 2. The molecule has 6 heteroatoms. The lowest BCUT2D eigenvalue weighted by atomic mass is 10.2. The number of esters is 1. The number of nitrogens with one attached hydrogen (secondary N) is 1. The molecular formula is C11H15ClN2O3. The quantitative estimate of drug-likeness (QED) is 0.620. The highest BCUT2D eigenvalue weighted by molar-refractivity contribution is 5.85. The van der Waals surface area contributed by atoms with Crippen LogP contribution in [0.15, 0.2) is 18.2 Å². The molecule has 0 fully saturated rings. The average Bonchev–Trinajstić information content (AvgIpc) is 2.28. The number of benzene rings is 1. The summed E-state index contributed by atoms with van der Waals surface area (Å²) >= 11 is 0. The van der Waals surface area contributed by atoms with Crippen LogP contribution >= 0.6 is 12.4 Å². The van der Waals surface area contributed by atoms with E-state index < -0.39 is 6.10 Å². The van der Waals surface area contributed by atoms with Crippen LogP contribution in [0.3, 0.4) is 0 Å². The van der Waals surface area contributed by atoms with Crippen LogP contribution in [0, 0.1) is 0 Å². The fourth-order valence-electron chi connectivity index (χ4n) is 1.55. The van der Waals surface area contributed by atoms with Crippen molar-refractivity contribution in [2.45, 2.75) is 13.0 Å². The maximum atomic E-state index is 11.5. The van der Waals surface area contributed by atoms with Crippen LogP contribution in [-0.2, 0) is 9.53 Å². The van der Waals surface area contributed by atoms with Gasteiger partial charge in [-0.3, -0.25) is 0 Å². The predicted octanol–water partition coefficient (Wildman–Crippen LogP) is 1.43. The fraction of sp³-hybridized carbons (Fsp3) is 0.364. The molecule has 2 rings (SSSR count). The van der Waals surface area contributed by atoms with E-state index in [1.807, 2.05) is 0 Å². The Kier molecular flexibility index (Phi) is 4.45. The van der Waals surface area contributed by atoms with Crippen LogP contribution in [0.25, 0.3) is 0 Å². The highest BCUT2D eigenvalue weighted by atomic mass is 35.5. The summed E-state index contributed by atoms with van der Waals surface area (Å²) in [5.41, 5.74) is 7.10. The first kappa shape index (κ1) is 13.4. The van der Waals surface area contributed by atoms with Crippen molar-refractivity contribution in [3.05, 3.63) is 18.2 Å². The van der Waals surface area contributed by atoms with Crippen molar-refractivity contribution < 1.29 is 14.3 Å². The van der Waals surface area contributed by atoms with Gasteiger partial charge in [-0.25, -0.2) is 4.79 Å². The Morgan fingerprint density at radius 3 is 3.12 bits per heavy atom. The third-order valence-corrected chi connectivity index (χ3v) is 2.30. The van der Waals surface area contributed by atoms with Crippen molar-refractivity contribution in [3.63, 3.8) is 0 Å². The molecule has 1 atom stereocenters. The third kappa shape index (κ3) is 2.94. The zero-order valence-electron chi connectivity index (χ0n) is 9.43. The van der Waals surface area contributed by atoms with Gasteiger partial charge in [0.2, 0.25) is 6.10 Å². The van der Waals surface area contributed by atoms with Gasteiger partial charge in [-0.15, -0.1) is 12.4 Å². The molecule has 1 aliphatic rings. The van der Waals surface area contributed by atoms with Crippen LogP contribution in [0.5, 0.6) is 5.75 Å². The van der Waals surface area contributed by atoms with Crippen molar-refractivity contribution >= 4 is 29.8 Å². The summed E-state index contributed by atoms with van der Waals surface area (Å²) in [7, 11) is 0. The smallest absolute Gasteiger partial charge is 0.349 e. The largest absolute Gasteiger partial charge is 0.475 e. The molecule has 17 heavy (non-hydrogen) atoms. The summed E-state index contributed by atoms with van der Waals surface area (Å²) in [5.74, 6) is 0.274. The molecule has 0 saturated carbocycles. The average molecular weight is 259 g/mol. The summed E-state index contributed by atoms with van der Waals surface area (Å²) in [6.45, 7) is 2.52. The Morgan fingerprint density at radius 1 is 1.65 bits per heavy atom. The molecular weight excluding hydrogens is 244 g/mol. The van der Waals surface area contributed by atoms with Crippen molar-refractivity contribution in [2.75, 3.05) is 24.2 Å². The predicted molar refractivity (Wildman–Crippen MR) is 67.6 cm³/mol. The lowest BCUT2D eigenvalue weighted by molar-refractivity contribution is -0.150. The minimum atomic E-state index is -0.587. The van der Waals surface area contributed by atoms with E-state index in [2.05, 4.69) is 5.32 Å². The molecule has 0 spiro atoms. The summed E-state index contributed by atoms with van der Waals surface area (Å²) in [5, 5.41) is 3.09. The fourth-order valence-corrected chi connectivity index (χ4v) is 1.55. The monoisotopic (exact) mass is 258 g/mol. The van der Waals surface area contributed by atoms with Gasteiger partial charge in [-0.05, 0) is 25.1 Å². The molecule has 1 unspecified atom stereocenters. The highest BCUT2D eigenvalue weighted by Gasteiger charge is 2.26. The first-order valence-corrected chi connectivity index (χ1v) is 5.17. The number of ether oxygens (including phenoxy) is 2. The lowest BCUT2D eigenvalue weighted by Gasteiger charge is -2.25. The number of carbonyl (C=O) groups is 1. The molecule has 5 nitrogen and oxygen atoms in total. The molecule has 0 bridgehead atoms. The van der Waals surface area contributed by atoms with Gasteiger partial charge in [0.15, 0.2) is 0 Å². The Balaban J connectivity index is 0.00000144. The third-order valence-electron chi connectivity index (χ3n) is 2.30. The van der Waals surface area contributed by atoms with Gasteiger partial charge >= 0.3 is 5.97 Å². The summed E-state index contributed by atoms with van der Waals surface area (Å²) in [6, 6.07) is 5.24. The number of rotatable bonds is 2. The Morgan fingerprint density at radius 2 is 2.41 bits per heavy atom. The van der Waals surface area contributed by atoms with Crippen LogP contribution in [0.2, 0.25) is 0 Å². The maximum absolute atomic E-state index is 11.5. The number of nitrogens with two attached hydrogens (primary N) is 1. The highest BCUT2D eigenvalue weighted by Crippen LogP contribution is 2.30. The number of carbonyl (C=O) groups excluding carboxylic acids is 1. The second kappa shape index (κ2) is 5.63. The molecule has 94 valence electrons. The van der Waals surface area contributed by atoms with E-state index in [9.17, 15) is 4.79 Å². The molecule has 0 amide bonds. The molecule has 0 radical (unpaired) electrons. The van der Waals surface area contributed by atoms with Gasteiger partial charge in [0.1, 0.15) is 5.75 Å². The minimum absolute atomic E-state index is 0. The topological polar surface area (TPSA) is 73.6 Å². The number of fused-ring (bicyclic) bond motifs is 1.